The molecule has 0 fully saturated rings. The van der Waals surface area contributed by atoms with Gasteiger partial charge in [0.25, 0.3) is 0 Å². The minimum atomic E-state index is -0.358. The summed E-state index contributed by atoms with van der Waals surface area (Å²) in [5, 5.41) is 2.82. The van der Waals surface area contributed by atoms with Crippen LogP contribution in [0.3, 0.4) is 0 Å². The van der Waals surface area contributed by atoms with Crippen molar-refractivity contribution in [1.29, 1.82) is 0 Å². The van der Waals surface area contributed by atoms with Gasteiger partial charge in [-0.15, -0.1) is 0 Å². The second kappa shape index (κ2) is 9.90. The molecule has 2 aromatic rings. The second-order valence-corrected chi connectivity index (χ2v) is 7.05. The van der Waals surface area contributed by atoms with Crippen molar-refractivity contribution >= 4 is 17.5 Å². The van der Waals surface area contributed by atoms with Crippen molar-refractivity contribution in [1.82, 2.24) is 9.80 Å². The number of amides is 2. The van der Waals surface area contributed by atoms with Crippen molar-refractivity contribution in [3.05, 3.63) is 59.7 Å². The van der Waals surface area contributed by atoms with Crippen molar-refractivity contribution in [3.63, 3.8) is 0 Å². The highest BCUT2D eigenvalue weighted by Gasteiger charge is 2.23. The molecular formula is C22H29N3O3. The van der Waals surface area contributed by atoms with Gasteiger partial charge in [-0.25, -0.2) is 0 Å². The molecular weight excluding hydrogens is 354 g/mol. The third kappa shape index (κ3) is 6.09. The Morgan fingerprint density at radius 3 is 2.43 bits per heavy atom. The van der Waals surface area contributed by atoms with Gasteiger partial charge in [-0.2, -0.15) is 0 Å². The van der Waals surface area contributed by atoms with Gasteiger partial charge in [-0.1, -0.05) is 29.8 Å². The summed E-state index contributed by atoms with van der Waals surface area (Å²) in [5.74, 6) is 0.460. The van der Waals surface area contributed by atoms with E-state index in [-0.39, 0.29) is 24.4 Å². The Balaban J connectivity index is 1.89. The standard InChI is InChI=1S/C22H29N3O3/c1-16-9-11-19(12-10-16)23-21(26)15-25(4)22(27)17(2)24(3)14-18-7-6-8-20(13-18)28-5/h6-13,17H,14-15H2,1-5H3,(H,23,26)/t17-/m1/s1. The molecule has 6 nitrogen and oxygen atoms in total. The van der Waals surface area contributed by atoms with Crippen LogP contribution < -0.4 is 10.1 Å². The number of methoxy groups -OCH3 is 1. The molecule has 2 amide bonds. The van der Waals surface area contributed by atoms with E-state index in [2.05, 4.69) is 5.32 Å². The molecule has 0 saturated carbocycles. The quantitative estimate of drug-likeness (QED) is 0.761. The molecule has 0 bridgehead atoms. The number of benzene rings is 2. The molecule has 1 N–H and O–H groups in total. The molecule has 0 spiro atoms. The lowest BCUT2D eigenvalue weighted by Crippen LogP contribution is -2.46. The number of ether oxygens (including phenoxy) is 1. The molecule has 0 aliphatic carbocycles. The predicted octanol–water partition coefficient (Wildman–Crippen LogP) is 2.92. The first kappa shape index (κ1) is 21.4. The zero-order valence-corrected chi connectivity index (χ0v) is 17.2. The van der Waals surface area contributed by atoms with Gasteiger partial charge in [0, 0.05) is 19.3 Å². The fraction of sp³-hybridized carbons (Fsp3) is 0.364. The summed E-state index contributed by atoms with van der Waals surface area (Å²) in [6, 6.07) is 15.0. The monoisotopic (exact) mass is 383 g/mol. The van der Waals surface area contributed by atoms with E-state index in [0.717, 1.165) is 22.6 Å². The first-order valence-electron chi connectivity index (χ1n) is 9.25. The molecule has 0 aliphatic heterocycles. The number of nitrogens with zero attached hydrogens (tertiary/aromatic N) is 2. The van der Waals surface area contributed by atoms with Crippen LogP contribution in [0.1, 0.15) is 18.1 Å². The zero-order valence-electron chi connectivity index (χ0n) is 17.2. The third-order valence-corrected chi connectivity index (χ3v) is 4.68. The largest absolute Gasteiger partial charge is 0.497 e. The van der Waals surface area contributed by atoms with E-state index in [1.165, 1.54) is 4.90 Å². The van der Waals surface area contributed by atoms with E-state index in [1.54, 1.807) is 14.2 Å². The average molecular weight is 383 g/mol. The molecule has 2 rings (SSSR count). The minimum Gasteiger partial charge on any atom is -0.497 e. The van der Waals surface area contributed by atoms with Gasteiger partial charge in [0.05, 0.1) is 19.7 Å². The number of rotatable bonds is 8. The first-order valence-corrected chi connectivity index (χ1v) is 9.25. The number of aryl methyl sites for hydroxylation is 1. The number of carbonyl (C=O) groups excluding carboxylic acids is 2. The summed E-state index contributed by atoms with van der Waals surface area (Å²) in [6.45, 7) is 4.44. The first-order chi connectivity index (χ1) is 13.3. The van der Waals surface area contributed by atoms with Gasteiger partial charge in [-0.05, 0) is 50.7 Å². The van der Waals surface area contributed by atoms with Crippen LogP contribution in [0, 0.1) is 6.92 Å². The van der Waals surface area contributed by atoms with Crippen LogP contribution in [0.5, 0.6) is 5.75 Å². The van der Waals surface area contributed by atoms with Gasteiger partial charge < -0.3 is 15.0 Å². The predicted molar refractivity (Wildman–Crippen MR) is 111 cm³/mol. The topological polar surface area (TPSA) is 61.9 Å². The van der Waals surface area contributed by atoms with Crippen molar-refractivity contribution < 1.29 is 14.3 Å². The van der Waals surface area contributed by atoms with E-state index in [9.17, 15) is 9.59 Å². The maximum Gasteiger partial charge on any atom is 0.243 e. The van der Waals surface area contributed by atoms with Crippen LogP contribution in [0.25, 0.3) is 0 Å². The van der Waals surface area contributed by atoms with Crippen LogP contribution in [0.15, 0.2) is 48.5 Å². The molecule has 0 heterocycles. The Morgan fingerprint density at radius 1 is 1.11 bits per heavy atom. The Kier molecular flexibility index (Phi) is 7.58. The number of nitrogens with one attached hydrogen (secondary N) is 1. The maximum absolute atomic E-state index is 12.7. The Morgan fingerprint density at radius 2 is 1.79 bits per heavy atom. The average Bonchev–Trinajstić information content (AvgIpc) is 2.68. The van der Waals surface area contributed by atoms with E-state index in [4.69, 9.17) is 4.74 Å². The van der Waals surface area contributed by atoms with E-state index >= 15 is 0 Å². The van der Waals surface area contributed by atoms with Gasteiger partial charge in [0.15, 0.2) is 0 Å². The highest BCUT2D eigenvalue weighted by Crippen LogP contribution is 2.15. The highest BCUT2D eigenvalue weighted by atomic mass is 16.5. The molecule has 0 aliphatic rings. The van der Waals surface area contributed by atoms with E-state index in [0.29, 0.717) is 6.54 Å². The molecule has 0 unspecified atom stereocenters. The lowest BCUT2D eigenvalue weighted by Gasteiger charge is -2.28. The zero-order chi connectivity index (χ0) is 20.7. The Bertz CT molecular complexity index is 805. The number of hydrogen-bond donors (Lipinski definition) is 1. The summed E-state index contributed by atoms with van der Waals surface area (Å²) in [6.07, 6.45) is 0. The normalized spacial score (nSPS) is 11.8. The summed E-state index contributed by atoms with van der Waals surface area (Å²) < 4.78 is 5.24. The van der Waals surface area contributed by atoms with E-state index in [1.807, 2.05) is 74.3 Å². The summed E-state index contributed by atoms with van der Waals surface area (Å²) in [7, 11) is 5.17. The third-order valence-electron chi connectivity index (χ3n) is 4.68. The van der Waals surface area contributed by atoms with Crippen molar-refractivity contribution in [2.45, 2.75) is 26.4 Å². The lowest BCUT2D eigenvalue weighted by atomic mass is 10.1. The number of anilines is 1. The van der Waals surface area contributed by atoms with Crippen LogP contribution >= 0.6 is 0 Å². The van der Waals surface area contributed by atoms with E-state index < -0.39 is 0 Å². The van der Waals surface area contributed by atoms with Crippen LogP contribution in [-0.4, -0.2) is 55.4 Å². The van der Waals surface area contributed by atoms with Gasteiger partial charge in [0.2, 0.25) is 11.8 Å². The Labute approximate surface area is 167 Å². The van der Waals surface area contributed by atoms with Crippen molar-refractivity contribution in [2.75, 3.05) is 33.1 Å². The fourth-order valence-corrected chi connectivity index (χ4v) is 2.83. The van der Waals surface area contributed by atoms with Crippen LogP contribution in [0.2, 0.25) is 0 Å². The minimum absolute atomic E-state index is 0.00402. The fourth-order valence-electron chi connectivity index (χ4n) is 2.83. The summed E-state index contributed by atoms with van der Waals surface area (Å²) in [5.41, 5.74) is 2.90. The molecule has 0 aromatic heterocycles. The second-order valence-electron chi connectivity index (χ2n) is 7.05. The van der Waals surface area contributed by atoms with Gasteiger partial charge in [0.1, 0.15) is 5.75 Å². The summed E-state index contributed by atoms with van der Waals surface area (Å²) >= 11 is 0. The number of hydrogen-bond acceptors (Lipinski definition) is 4. The van der Waals surface area contributed by atoms with Gasteiger partial charge >= 0.3 is 0 Å². The van der Waals surface area contributed by atoms with Crippen molar-refractivity contribution in [3.8, 4) is 5.75 Å². The van der Waals surface area contributed by atoms with Crippen LogP contribution in [0.4, 0.5) is 5.69 Å². The maximum atomic E-state index is 12.7. The Hall–Kier alpha value is -2.86. The smallest absolute Gasteiger partial charge is 0.243 e. The molecule has 150 valence electrons. The van der Waals surface area contributed by atoms with Crippen LogP contribution in [-0.2, 0) is 16.1 Å². The number of carbonyl (C=O) groups is 2. The molecule has 6 heteroatoms. The van der Waals surface area contributed by atoms with Gasteiger partial charge in [-0.3, -0.25) is 14.5 Å². The molecule has 1 atom stereocenters. The van der Waals surface area contributed by atoms with Crippen molar-refractivity contribution in [2.24, 2.45) is 0 Å². The molecule has 0 saturated heterocycles. The summed E-state index contributed by atoms with van der Waals surface area (Å²) in [4.78, 5) is 28.3. The lowest BCUT2D eigenvalue weighted by molar-refractivity contribution is -0.137. The number of likely N-dealkylation sites (N-methyl/N-ethyl adjacent to an activating group) is 2. The highest BCUT2D eigenvalue weighted by molar-refractivity contribution is 5.95. The molecule has 2 aromatic carbocycles. The molecule has 0 radical (unpaired) electrons. The molecule has 28 heavy (non-hydrogen) atoms. The SMILES string of the molecule is COc1cccc(CN(C)[C@H](C)C(=O)N(C)CC(=O)Nc2ccc(C)cc2)c1.